The first-order valence-electron chi connectivity index (χ1n) is 9.91. The molecule has 0 bridgehead atoms. The van der Waals surface area contributed by atoms with Crippen molar-refractivity contribution < 1.29 is 9.90 Å². The van der Waals surface area contributed by atoms with E-state index in [9.17, 15) is 9.90 Å². The summed E-state index contributed by atoms with van der Waals surface area (Å²) in [4.78, 5) is 15.2. The number of nitrogens with zero attached hydrogens (tertiary/aromatic N) is 2. The second-order valence-electron chi connectivity index (χ2n) is 7.62. The van der Waals surface area contributed by atoms with Crippen molar-refractivity contribution in [2.24, 2.45) is 0 Å². The van der Waals surface area contributed by atoms with Crippen molar-refractivity contribution in [3.8, 4) is 17.0 Å². The molecule has 33 heavy (non-hydrogen) atoms. The number of nitrogens with one attached hydrogen (secondary N) is 1. The third kappa shape index (κ3) is 3.85. The van der Waals surface area contributed by atoms with E-state index in [0.29, 0.717) is 42.6 Å². The lowest BCUT2D eigenvalue weighted by molar-refractivity contribution is 0.0730. The Hall–Kier alpha value is -2.70. The maximum atomic E-state index is 13.5. The van der Waals surface area contributed by atoms with Gasteiger partial charge in [0.1, 0.15) is 17.1 Å². The van der Waals surface area contributed by atoms with E-state index in [2.05, 4.69) is 10.2 Å². The fourth-order valence-electron chi connectivity index (χ4n) is 4.10. The number of hydrogen-bond acceptors (Lipinski definition) is 3. The van der Waals surface area contributed by atoms with Crippen LogP contribution in [-0.4, -0.2) is 26.1 Å². The summed E-state index contributed by atoms with van der Waals surface area (Å²) >= 11 is 25.1. The van der Waals surface area contributed by atoms with Crippen LogP contribution in [0.2, 0.25) is 20.1 Å². The Bertz CT molecular complexity index is 1400. The number of aromatic nitrogens is 2. The number of aromatic hydroxyl groups is 1. The van der Waals surface area contributed by atoms with E-state index >= 15 is 0 Å². The van der Waals surface area contributed by atoms with Gasteiger partial charge in [0.05, 0.1) is 16.1 Å². The van der Waals surface area contributed by atoms with Gasteiger partial charge in [-0.2, -0.15) is 5.10 Å². The van der Waals surface area contributed by atoms with E-state index in [0.717, 1.165) is 11.1 Å². The van der Waals surface area contributed by atoms with Gasteiger partial charge in [0.25, 0.3) is 5.91 Å². The van der Waals surface area contributed by atoms with E-state index in [1.807, 2.05) is 24.3 Å². The normalized spacial score (nSPS) is 15.2. The van der Waals surface area contributed by atoms with E-state index in [1.165, 1.54) is 6.07 Å². The summed E-state index contributed by atoms with van der Waals surface area (Å²) in [5.41, 5.74) is 3.32. The molecule has 2 heterocycles. The highest BCUT2D eigenvalue weighted by molar-refractivity contribution is 6.42. The molecule has 0 aliphatic carbocycles. The minimum Gasteiger partial charge on any atom is -0.507 e. The molecule has 2 N–H and O–H groups in total. The molecule has 0 saturated carbocycles. The van der Waals surface area contributed by atoms with E-state index < -0.39 is 6.04 Å². The van der Waals surface area contributed by atoms with Crippen LogP contribution in [0.15, 0.2) is 60.7 Å². The highest BCUT2D eigenvalue weighted by atomic mass is 35.5. The van der Waals surface area contributed by atoms with Gasteiger partial charge in [-0.25, -0.2) is 0 Å². The Balaban J connectivity index is 1.70. The smallest absolute Gasteiger partial charge is 0.273 e. The molecule has 1 amide bonds. The Morgan fingerprint density at radius 1 is 0.939 bits per heavy atom. The first-order chi connectivity index (χ1) is 15.8. The van der Waals surface area contributed by atoms with Crippen LogP contribution >= 0.6 is 46.4 Å². The molecule has 9 heteroatoms. The maximum absolute atomic E-state index is 13.5. The number of fused-ring (bicyclic) bond motifs is 1. The number of rotatable bonds is 4. The van der Waals surface area contributed by atoms with Gasteiger partial charge in [-0.3, -0.25) is 9.89 Å². The third-order valence-electron chi connectivity index (χ3n) is 5.64. The van der Waals surface area contributed by atoms with Gasteiger partial charge in [-0.1, -0.05) is 70.7 Å². The number of carbonyl (C=O) groups excluding carboxylic acids is 1. The van der Waals surface area contributed by atoms with Crippen molar-refractivity contribution in [1.29, 1.82) is 0 Å². The number of benzene rings is 3. The molecule has 0 fully saturated rings. The minimum absolute atomic E-state index is 0.00130. The van der Waals surface area contributed by atoms with E-state index in [-0.39, 0.29) is 18.2 Å². The van der Waals surface area contributed by atoms with Crippen molar-refractivity contribution in [2.45, 2.75) is 12.6 Å². The van der Waals surface area contributed by atoms with Crippen LogP contribution < -0.4 is 0 Å². The topological polar surface area (TPSA) is 69.2 Å². The molecule has 1 aliphatic rings. The van der Waals surface area contributed by atoms with Gasteiger partial charge in [-0.15, -0.1) is 0 Å². The summed E-state index contributed by atoms with van der Waals surface area (Å²) < 4.78 is 0. The molecule has 1 aliphatic heterocycles. The summed E-state index contributed by atoms with van der Waals surface area (Å²) in [6.07, 6.45) is 0. The maximum Gasteiger partial charge on any atom is 0.273 e. The van der Waals surface area contributed by atoms with Gasteiger partial charge in [-0.05, 0) is 47.5 Å². The van der Waals surface area contributed by atoms with Crippen LogP contribution in [0.3, 0.4) is 0 Å². The molecule has 166 valence electrons. The quantitative estimate of drug-likeness (QED) is 0.301. The summed E-state index contributed by atoms with van der Waals surface area (Å²) in [6, 6.07) is 16.7. The number of halogens is 4. The van der Waals surface area contributed by atoms with Gasteiger partial charge in [0, 0.05) is 27.7 Å². The fraction of sp³-hybridized carbons (Fsp3) is 0.0833. The zero-order chi connectivity index (χ0) is 23.3. The number of phenols is 1. The van der Waals surface area contributed by atoms with Gasteiger partial charge >= 0.3 is 0 Å². The number of H-pyrrole nitrogens is 1. The zero-order valence-corrected chi connectivity index (χ0v) is 19.8. The predicted molar refractivity (Wildman–Crippen MR) is 130 cm³/mol. The molecule has 3 aromatic carbocycles. The van der Waals surface area contributed by atoms with Crippen LogP contribution in [0.25, 0.3) is 11.3 Å². The molecule has 0 spiro atoms. The molecule has 4 aromatic rings. The molecule has 5 nitrogen and oxygen atoms in total. The number of phenolic OH excluding ortho intramolecular Hbond substituents is 1. The second kappa shape index (κ2) is 8.58. The fourth-order valence-corrected chi connectivity index (χ4v) is 4.78. The van der Waals surface area contributed by atoms with Crippen molar-refractivity contribution in [1.82, 2.24) is 15.1 Å². The van der Waals surface area contributed by atoms with Crippen molar-refractivity contribution >= 4 is 52.3 Å². The summed E-state index contributed by atoms with van der Waals surface area (Å²) in [6.45, 7) is 0.257. The van der Waals surface area contributed by atoms with Crippen molar-refractivity contribution in [3.63, 3.8) is 0 Å². The second-order valence-corrected chi connectivity index (χ2v) is 9.28. The summed E-state index contributed by atoms with van der Waals surface area (Å²) in [5, 5.41) is 19.5. The average Bonchev–Trinajstić information content (AvgIpc) is 3.33. The molecule has 1 unspecified atom stereocenters. The van der Waals surface area contributed by atoms with Crippen LogP contribution in [0.5, 0.6) is 5.75 Å². The summed E-state index contributed by atoms with van der Waals surface area (Å²) in [5.74, 6) is -0.250. The molecule has 0 radical (unpaired) electrons. The summed E-state index contributed by atoms with van der Waals surface area (Å²) in [7, 11) is 0. The predicted octanol–water partition coefficient (Wildman–Crippen LogP) is 7.14. The number of carbonyl (C=O) groups is 1. The average molecular weight is 519 g/mol. The number of aromatic amines is 1. The highest BCUT2D eigenvalue weighted by Crippen LogP contribution is 2.46. The zero-order valence-electron chi connectivity index (χ0n) is 16.8. The third-order valence-corrected chi connectivity index (χ3v) is 6.98. The number of hydrogen-bond donors (Lipinski definition) is 2. The Labute approximate surface area is 209 Å². The first kappa shape index (κ1) is 22.1. The van der Waals surface area contributed by atoms with E-state index in [4.69, 9.17) is 46.4 Å². The molecule has 0 saturated heterocycles. The number of amides is 1. The molecule has 5 rings (SSSR count). The standard InChI is InChI=1S/C24H15Cl4N3O2/c25-14-6-8-19(32)15(10-14)21-20-22(30-29-21)24(33)31(11-13-3-1-2-4-16(13)26)23(20)12-5-7-17(27)18(28)9-12/h1-10,23,32H,11H2,(H,29,30). The molecular weight excluding hydrogens is 504 g/mol. The Morgan fingerprint density at radius 3 is 2.48 bits per heavy atom. The molecule has 1 atom stereocenters. The van der Waals surface area contributed by atoms with Crippen LogP contribution in [0, 0.1) is 0 Å². The van der Waals surface area contributed by atoms with Crippen LogP contribution in [0.4, 0.5) is 0 Å². The lowest BCUT2D eigenvalue weighted by atomic mass is 9.95. The monoisotopic (exact) mass is 517 g/mol. The van der Waals surface area contributed by atoms with Crippen molar-refractivity contribution in [2.75, 3.05) is 0 Å². The van der Waals surface area contributed by atoms with Gasteiger partial charge in [0.15, 0.2) is 0 Å². The van der Waals surface area contributed by atoms with Crippen molar-refractivity contribution in [3.05, 3.63) is 103 Å². The minimum atomic E-state index is -0.550. The SMILES string of the molecule is O=C1c2[nH]nc(-c3cc(Cl)ccc3O)c2C(c2ccc(Cl)c(Cl)c2)N1Cc1ccccc1Cl. The molecule has 1 aromatic heterocycles. The highest BCUT2D eigenvalue weighted by Gasteiger charge is 2.42. The molecular formula is C24H15Cl4N3O2. The van der Waals surface area contributed by atoms with Crippen LogP contribution in [0.1, 0.15) is 33.2 Å². The van der Waals surface area contributed by atoms with Gasteiger partial charge < -0.3 is 10.0 Å². The lowest BCUT2D eigenvalue weighted by Crippen LogP contribution is -2.29. The Morgan fingerprint density at radius 2 is 1.73 bits per heavy atom. The van der Waals surface area contributed by atoms with Gasteiger partial charge in [0.2, 0.25) is 0 Å². The van der Waals surface area contributed by atoms with E-state index in [1.54, 1.807) is 35.2 Å². The largest absolute Gasteiger partial charge is 0.507 e. The van der Waals surface area contributed by atoms with Crippen LogP contribution in [-0.2, 0) is 6.54 Å². The lowest BCUT2D eigenvalue weighted by Gasteiger charge is -2.27. The Kier molecular flexibility index (Phi) is 5.75. The first-order valence-corrected chi connectivity index (χ1v) is 11.4.